The lowest BCUT2D eigenvalue weighted by molar-refractivity contribution is -0.125. The highest BCUT2D eigenvalue weighted by Crippen LogP contribution is 2.25. The van der Waals surface area contributed by atoms with Gasteiger partial charge in [-0.05, 0) is 25.3 Å². The summed E-state index contributed by atoms with van der Waals surface area (Å²) in [5.74, 6) is -0.0235. The van der Waals surface area contributed by atoms with Gasteiger partial charge in [0.05, 0.1) is 11.8 Å². The number of hydrogen-bond donors (Lipinski definition) is 2. The van der Waals surface area contributed by atoms with Gasteiger partial charge in [0.1, 0.15) is 0 Å². The Morgan fingerprint density at radius 3 is 2.68 bits per heavy atom. The summed E-state index contributed by atoms with van der Waals surface area (Å²) in [6.07, 6.45) is 1.51. The summed E-state index contributed by atoms with van der Waals surface area (Å²) < 4.78 is 0.733. The van der Waals surface area contributed by atoms with Crippen LogP contribution in [-0.4, -0.2) is 40.2 Å². The van der Waals surface area contributed by atoms with Gasteiger partial charge in [0.25, 0.3) is 0 Å². The summed E-state index contributed by atoms with van der Waals surface area (Å²) in [6, 6.07) is 9.15. The van der Waals surface area contributed by atoms with Crippen molar-refractivity contribution in [1.82, 2.24) is 15.5 Å². The van der Waals surface area contributed by atoms with Crippen molar-refractivity contribution in [2.24, 2.45) is 0 Å². The van der Waals surface area contributed by atoms with Crippen molar-refractivity contribution >= 4 is 39.9 Å². The molecule has 0 fully saturated rings. The smallest absolute Gasteiger partial charge is 0.231 e. The molecule has 1 amide bonds. The van der Waals surface area contributed by atoms with Crippen LogP contribution in [0.1, 0.15) is 25.8 Å². The van der Waals surface area contributed by atoms with E-state index >= 15 is 0 Å². The molecule has 6 nitrogen and oxygen atoms in total. The number of benzene rings is 1. The highest BCUT2D eigenvalue weighted by atomic mass is 32.2. The quantitative estimate of drug-likeness (QED) is 0.619. The SMILES string of the molecule is CCCNc1nnc(SCC(=O)N[C@H](Cc2ccccc2)C(C)=O)s1. The largest absolute Gasteiger partial charge is 0.360 e. The van der Waals surface area contributed by atoms with E-state index in [9.17, 15) is 9.59 Å². The van der Waals surface area contributed by atoms with Crippen molar-refractivity contribution < 1.29 is 9.59 Å². The number of rotatable bonds is 10. The van der Waals surface area contributed by atoms with Crippen molar-refractivity contribution in [3.8, 4) is 0 Å². The second-order valence-electron chi connectivity index (χ2n) is 5.51. The van der Waals surface area contributed by atoms with E-state index in [1.165, 1.54) is 30.0 Å². The summed E-state index contributed by atoms with van der Waals surface area (Å²) in [4.78, 5) is 24.0. The summed E-state index contributed by atoms with van der Waals surface area (Å²) in [5.41, 5.74) is 1.02. The molecule has 1 heterocycles. The van der Waals surface area contributed by atoms with E-state index in [2.05, 4.69) is 27.8 Å². The lowest BCUT2D eigenvalue weighted by atomic mass is 10.0. The molecule has 0 saturated heterocycles. The third-order valence-corrected chi connectivity index (χ3v) is 5.38. The molecular weight excluding hydrogens is 356 g/mol. The molecule has 0 aliphatic rings. The predicted molar refractivity (Wildman–Crippen MR) is 102 cm³/mol. The maximum atomic E-state index is 12.2. The highest BCUT2D eigenvalue weighted by molar-refractivity contribution is 8.01. The van der Waals surface area contributed by atoms with Crippen LogP contribution in [0.25, 0.3) is 0 Å². The molecule has 0 bridgehead atoms. The van der Waals surface area contributed by atoms with Gasteiger partial charge in [-0.25, -0.2) is 0 Å². The Kier molecular flexibility index (Phi) is 7.87. The molecule has 25 heavy (non-hydrogen) atoms. The predicted octanol–water partition coefficient (Wildman–Crippen LogP) is 2.77. The zero-order chi connectivity index (χ0) is 18.1. The standard InChI is InChI=1S/C17H22N4O2S2/c1-3-9-18-16-20-21-17(25-16)24-11-15(23)19-14(12(2)22)10-13-7-5-4-6-8-13/h4-8,14H,3,9-11H2,1-2H3,(H,18,20)(H,19,23)/t14-/m1/s1. The molecular formula is C17H22N4O2S2. The van der Waals surface area contributed by atoms with Gasteiger partial charge in [-0.2, -0.15) is 0 Å². The Labute approximate surface area is 155 Å². The molecule has 0 spiro atoms. The fourth-order valence-electron chi connectivity index (χ4n) is 2.08. The van der Waals surface area contributed by atoms with Gasteiger partial charge >= 0.3 is 0 Å². The molecule has 1 aromatic carbocycles. The fraction of sp³-hybridized carbons (Fsp3) is 0.412. The van der Waals surface area contributed by atoms with Crippen molar-refractivity contribution in [1.29, 1.82) is 0 Å². The molecule has 2 N–H and O–H groups in total. The maximum Gasteiger partial charge on any atom is 0.231 e. The Morgan fingerprint density at radius 2 is 2.00 bits per heavy atom. The molecule has 1 atom stereocenters. The van der Waals surface area contributed by atoms with Gasteiger partial charge in [0, 0.05) is 6.54 Å². The number of nitrogens with zero attached hydrogens (tertiary/aromatic N) is 2. The number of carbonyl (C=O) groups excluding carboxylic acids is 2. The summed E-state index contributed by atoms with van der Waals surface area (Å²) in [5, 5.41) is 14.8. The van der Waals surface area contributed by atoms with Gasteiger partial charge in [-0.3, -0.25) is 9.59 Å². The summed E-state index contributed by atoms with van der Waals surface area (Å²) >= 11 is 2.75. The van der Waals surface area contributed by atoms with Crippen LogP contribution in [0.3, 0.4) is 0 Å². The lowest BCUT2D eigenvalue weighted by Crippen LogP contribution is -2.42. The molecule has 8 heteroatoms. The Hall–Kier alpha value is -1.93. The van der Waals surface area contributed by atoms with E-state index in [-0.39, 0.29) is 17.4 Å². The monoisotopic (exact) mass is 378 g/mol. The molecule has 2 aromatic rings. The number of anilines is 1. The van der Waals surface area contributed by atoms with Gasteiger partial charge in [-0.15, -0.1) is 10.2 Å². The average molecular weight is 379 g/mol. The van der Waals surface area contributed by atoms with E-state index in [0.29, 0.717) is 6.42 Å². The number of carbonyl (C=O) groups is 2. The van der Waals surface area contributed by atoms with E-state index in [0.717, 1.165) is 28.0 Å². The van der Waals surface area contributed by atoms with Crippen LogP contribution in [-0.2, 0) is 16.0 Å². The number of ketones is 1. The average Bonchev–Trinajstić information content (AvgIpc) is 3.06. The van der Waals surface area contributed by atoms with Crippen LogP contribution >= 0.6 is 23.1 Å². The number of hydrogen-bond acceptors (Lipinski definition) is 7. The molecule has 134 valence electrons. The van der Waals surface area contributed by atoms with Gasteiger partial charge in [0.15, 0.2) is 10.1 Å². The molecule has 0 radical (unpaired) electrons. The minimum atomic E-state index is -0.508. The number of Topliss-reactive ketones (excluding diaryl/α,β-unsaturated/α-hetero) is 1. The first-order valence-electron chi connectivity index (χ1n) is 8.12. The normalized spacial score (nSPS) is 11.8. The Morgan fingerprint density at radius 1 is 1.24 bits per heavy atom. The van der Waals surface area contributed by atoms with Crippen molar-refractivity contribution in [3.05, 3.63) is 35.9 Å². The topological polar surface area (TPSA) is 84.0 Å². The van der Waals surface area contributed by atoms with E-state index in [1.807, 2.05) is 30.3 Å². The van der Waals surface area contributed by atoms with Crippen LogP contribution in [0.4, 0.5) is 5.13 Å². The molecule has 0 unspecified atom stereocenters. The molecule has 0 aliphatic heterocycles. The summed E-state index contributed by atoms with van der Waals surface area (Å²) in [7, 11) is 0. The zero-order valence-electron chi connectivity index (χ0n) is 14.3. The van der Waals surface area contributed by atoms with Crippen LogP contribution in [0.5, 0.6) is 0 Å². The van der Waals surface area contributed by atoms with Crippen molar-refractivity contribution in [3.63, 3.8) is 0 Å². The molecule has 1 aromatic heterocycles. The second kappa shape index (κ2) is 10.1. The third-order valence-electron chi connectivity index (χ3n) is 3.37. The number of aromatic nitrogens is 2. The zero-order valence-corrected chi connectivity index (χ0v) is 16.0. The van der Waals surface area contributed by atoms with Crippen LogP contribution in [0, 0.1) is 0 Å². The van der Waals surface area contributed by atoms with E-state index in [1.54, 1.807) is 0 Å². The first-order valence-corrected chi connectivity index (χ1v) is 9.92. The van der Waals surface area contributed by atoms with E-state index < -0.39 is 6.04 Å². The van der Waals surface area contributed by atoms with E-state index in [4.69, 9.17) is 0 Å². The third kappa shape index (κ3) is 6.83. The number of thioether (sulfide) groups is 1. The minimum Gasteiger partial charge on any atom is -0.360 e. The Bertz CT molecular complexity index is 691. The van der Waals surface area contributed by atoms with Crippen LogP contribution < -0.4 is 10.6 Å². The first-order chi connectivity index (χ1) is 12.1. The highest BCUT2D eigenvalue weighted by Gasteiger charge is 2.18. The summed E-state index contributed by atoms with van der Waals surface area (Å²) in [6.45, 7) is 4.42. The lowest BCUT2D eigenvalue weighted by Gasteiger charge is -2.15. The molecule has 2 rings (SSSR count). The van der Waals surface area contributed by atoms with Crippen LogP contribution in [0.15, 0.2) is 34.7 Å². The van der Waals surface area contributed by atoms with Crippen molar-refractivity contribution in [2.75, 3.05) is 17.6 Å². The minimum absolute atomic E-state index is 0.0517. The van der Waals surface area contributed by atoms with Gasteiger partial charge in [-0.1, -0.05) is 60.4 Å². The first kappa shape index (κ1) is 19.4. The maximum absolute atomic E-state index is 12.2. The fourth-order valence-corrected chi connectivity index (χ4v) is 3.67. The number of amides is 1. The second-order valence-corrected chi connectivity index (χ2v) is 7.71. The Balaban J connectivity index is 1.82. The molecule has 0 aliphatic carbocycles. The van der Waals surface area contributed by atoms with Crippen molar-refractivity contribution in [2.45, 2.75) is 37.1 Å². The van der Waals surface area contributed by atoms with Gasteiger partial charge < -0.3 is 10.6 Å². The van der Waals surface area contributed by atoms with Crippen LogP contribution in [0.2, 0.25) is 0 Å². The number of nitrogens with one attached hydrogen (secondary N) is 2. The van der Waals surface area contributed by atoms with Gasteiger partial charge in [0.2, 0.25) is 11.0 Å². The molecule has 0 saturated carbocycles.